The molecular formula is C34H30N8O8S2. The quantitative estimate of drug-likeness (QED) is 0.0290. The van der Waals surface area contributed by atoms with Gasteiger partial charge in [-0.05, 0) is 97.9 Å². The highest BCUT2D eigenvalue weighted by atomic mass is 32.2. The largest absolute Gasteiger partial charge is 0.506 e. The first-order valence-corrected chi connectivity index (χ1v) is 17.8. The summed E-state index contributed by atoms with van der Waals surface area (Å²) >= 11 is -2.38. The molecule has 0 aliphatic carbocycles. The second kappa shape index (κ2) is 14.6. The van der Waals surface area contributed by atoms with Crippen LogP contribution in [0.25, 0.3) is 10.8 Å². The van der Waals surface area contributed by atoms with E-state index in [-0.39, 0.29) is 57.2 Å². The summed E-state index contributed by atoms with van der Waals surface area (Å²) in [4.78, 5) is 12.8. The number of azo groups is 1. The van der Waals surface area contributed by atoms with Gasteiger partial charge in [-0.3, -0.25) is 13.8 Å². The van der Waals surface area contributed by atoms with Crippen LogP contribution in [-0.2, 0) is 21.4 Å². The molecule has 1 atom stereocenters. The lowest BCUT2D eigenvalue weighted by molar-refractivity contribution is 0.441. The molecule has 0 saturated carbocycles. The van der Waals surface area contributed by atoms with Crippen LogP contribution in [0.1, 0.15) is 16.7 Å². The van der Waals surface area contributed by atoms with Gasteiger partial charge in [-0.25, -0.2) is 4.21 Å². The molecule has 0 fully saturated rings. The molecule has 5 aromatic carbocycles. The molecule has 52 heavy (non-hydrogen) atoms. The summed E-state index contributed by atoms with van der Waals surface area (Å²) in [6.07, 6.45) is 0. The number of phenolic OH excluding ortho intramolecular Hbond substituents is 2. The molecule has 0 aliphatic heterocycles. The van der Waals surface area contributed by atoms with Crippen molar-refractivity contribution in [2.24, 2.45) is 10.2 Å². The first kappa shape index (κ1) is 35.6. The average molecular weight is 743 g/mol. The van der Waals surface area contributed by atoms with E-state index in [4.69, 9.17) is 9.29 Å². The topological polar surface area (TPSA) is 241 Å². The van der Waals surface area contributed by atoms with E-state index in [2.05, 4.69) is 40.5 Å². The van der Waals surface area contributed by atoms with Crippen molar-refractivity contribution in [2.45, 2.75) is 25.7 Å². The van der Waals surface area contributed by atoms with Gasteiger partial charge in [0.1, 0.15) is 22.9 Å². The van der Waals surface area contributed by atoms with Crippen LogP contribution in [0.2, 0.25) is 0 Å². The van der Waals surface area contributed by atoms with Gasteiger partial charge in [-0.15, -0.1) is 10.2 Å². The van der Waals surface area contributed by atoms with Crippen LogP contribution in [0.15, 0.2) is 100 Å². The molecule has 0 aliphatic rings. The van der Waals surface area contributed by atoms with Crippen LogP contribution >= 0.6 is 0 Å². The van der Waals surface area contributed by atoms with Crippen molar-refractivity contribution in [3.63, 3.8) is 0 Å². The molecule has 1 aromatic heterocycles. The zero-order valence-electron chi connectivity index (χ0n) is 27.6. The van der Waals surface area contributed by atoms with Crippen molar-refractivity contribution >= 4 is 72.5 Å². The Morgan fingerprint density at radius 2 is 1.40 bits per heavy atom. The third-order valence-corrected chi connectivity index (χ3v) is 8.60. The first-order valence-electron chi connectivity index (χ1n) is 15.2. The lowest BCUT2D eigenvalue weighted by atomic mass is 10.1. The van der Waals surface area contributed by atoms with Crippen molar-refractivity contribution in [1.29, 1.82) is 0 Å². The SMILES string of the molecule is Cc1ccc(Oc2nc(Nc3cc(C)cc(C)c3)nc(Nc3cc(S(=O)(=O)O)cc4ccc(N=Nc5cc(NS(=O)O)ccc5O)c(O)c34)n2)cc1. The van der Waals surface area contributed by atoms with Gasteiger partial charge in [-0.2, -0.15) is 23.4 Å². The number of hydrogen-bond acceptors (Lipinski definition) is 13. The van der Waals surface area contributed by atoms with Crippen molar-refractivity contribution in [1.82, 2.24) is 15.0 Å². The van der Waals surface area contributed by atoms with E-state index in [1.165, 1.54) is 30.3 Å². The molecule has 6 aromatic rings. The Morgan fingerprint density at radius 1 is 0.731 bits per heavy atom. The normalized spacial score (nSPS) is 12.2. The summed E-state index contributed by atoms with van der Waals surface area (Å²) in [7, 11) is -4.73. The Hall–Kier alpha value is -6.21. The second-order valence-electron chi connectivity index (χ2n) is 11.5. The van der Waals surface area contributed by atoms with E-state index >= 15 is 0 Å². The molecule has 16 nitrogen and oxygen atoms in total. The maximum Gasteiger partial charge on any atom is 0.328 e. The molecule has 6 rings (SSSR count). The number of anilines is 5. The highest BCUT2D eigenvalue weighted by Gasteiger charge is 2.20. The van der Waals surface area contributed by atoms with Crippen molar-refractivity contribution in [3.05, 3.63) is 102 Å². The van der Waals surface area contributed by atoms with E-state index in [1.807, 2.05) is 51.1 Å². The second-order valence-corrected chi connectivity index (χ2v) is 13.7. The van der Waals surface area contributed by atoms with Crippen LogP contribution < -0.4 is 20.1 Å². The number of aryl methyl sites for hydroxylation is 3. The zero-order chi connectivity index (χ0) is 37.2. The number of benzene rings is 5. The van der Waals surface area contributed by atoms with Crippen molar-refractivity contribution in [2.75, 3.05) is 15.4 Å². The fourth-order valence-corrected chi connectivity index (χ4v) is 6.01. The minimum absolute atomic E-state index is 0.0457. The monoisotopic (exact) mass is 742 g/mol. The maximum absolute atomic E-state index is 12.3. The summed E-state index contributed by atoms with van der Waals surface area (Å²) in [5.41, 5.74) is 3.58. The fourth-order valence-electron chi connectivity index (χ4n) is 5.13. The molecule has 18 heteroatoms. The molecular weight excluding hydrogens is 713 g/mol. The summed E-state index contributed by atoms with van der Waals surface area (Å²) in [6.45, 7) is 5.81. The van der Waals surface area contributed by atoms with Crippen LogP contribution in [0.3, 0.4) is 0 Å². The molecule has 0 saturated heterocycles. The van der Waals surface area contributed by atoms with Crippen molar-refractivity contribution < 1.29 is 36.7 Å². The summed E-state index contributed by atoms with van der Waals surface area (Å²) < 4.78 is 63.1. The Bertz CT molecular complexity index is 2480. The Labute approximate surface area is 299 Å². The van der Waals surface area contributed by atoms with E-state index in [0.717, 1.165) is 28.8 Å². The summed E-state index contributed by atoms with van der Waals surface area (Å²) in [5, 5.41) is 36.0. The number of nitrogens with zero attached hydrogens (tertiary/aromatic N) is 5. The first-order chi connectivity index (χ1) is 24.7. The predicted molar refractivity (Wildman–Crippen MR) is 196 cm³/mol. The van der Waals surface area contributed by atoms with Gasteiger partial charge in [-0.1, -0.05) is 29.8 Å². The number of aromatic hydroxyl groups is 2. The average Bonchev–Trinajstić information content (AvgIpc) is 3.05. The molecule has 1 unspecified atom stereocenters. The van der Waals surface area contributed by atoms with Crippen LogP contribution in [-0.4, -0.2) is 46.9 Å². The van der Waals surface area contributed by atoms with Gasteiger partial charge in [0.2, 0.25) is 11.9 Å². The highest BCUT2D eigenvalue weighted by Crippen LogP contribution is 2.42. The van der Waals surface area contributed by atoms with Crippen molar-refractivity contribution in [3.8, 4) is 23.3 Å². The van der Waals surface area contributed by atoms with E-state index in [1.54, 1.807) is 12.1 Å². The van der Waals surface area contributed by atoms with Crippen LogP contribution in [0.4, 0.5) is 40.3 Å². The summed E-state index contributed by atoms with van der Waals surface area (Å²) in [5.74, 6) is -0.389. The van der Waals surface area contributed by atoms with E-state index in [0.29, 0.717) is 11.4 Å². The number of ether oxygens (including phenoxy) is 1. The third-order valence-electron chi connectivity index (χ3n) is 7.36. The Balaban J connectivity index is 1.45. The molecule has 1 heterocycles. The van der Waals surface area contributed by atoms with E-state index < -0.39 is 32.0 Å². The van der Waals surface area contributed by atoms with Crippen LogP contribution in [0.5, 0.6) is 23.3 Å². The van der Waals surface area contributed by atoms with E-state index in [9.17, 15) is 27.4 Å². The number of rotatable bonds is 11. The van der Waals surface area contributed by atoms with Gasteiger partial charge >= 0.3 is 6.01 Å². The standard InChI is InChI=1S/C34H30N8O8S2/c1-18-4-8-24(9-5-18)50-34-38-32(35-23-13-19(2)12-20(3)14-23)37-33(39-34)36-28-17-25(52(47,48)49)15-21-6-10-26(31(44)30(21)28)40-41-27-16-22(42-51(45)46)7-11-29(27)43/h4-17,42-44H,1-3H3,(H,45,46)(H,47,48,49)(H2,35,36,37,38,39). The molecule has 0 radical (unpaired) electrons. The smallest absolute Gasteiger partial charge is 0.328 e. The van der Waals surface area contributed by atoms with Crippen LogP contribution in [0, 0.1) is 20.8 Å². The van der Waals surface area contributed by atoms with Gasteiger partial charge in [0.25, 0.3) is 21.4 Å². The molecule has 266 valence electrons. The number of aromatic nitrogens is 3. The molecule has 0 amide bonds. The Morgan fingerprint density at radius 3 is 2.08 bits per heavy atom. The highest BCUT2D eigenvalue weighted by molar-refractivity contribution is 7.85. The minimum atomic E-state index is -4.73. The number of phenols is 2. The molecule has 0 spiro atoms. The zero-order valence-corrected chi connectivity index (χ0v) is 29.2. The maximum atomic E-state index is 12.3. The number of hydrogen-bond donors (Lipinski definition) is 7. The lowest BCUT2D eigenvalue weighted by Crippen LogP contribution is -2.07. The molecule has 0 bridgehead atoms. The Kier molecular flexibility index (Phi) is 9.97. The number of fused-ring (bicyclic) bond motifs is 1. The third kappa shape index (κ3) is 8.56. The van der Waals surface area contributed by atoms with Gasteiger partial charge in [0, 0.05) is 11.1 Å². The molecule has 7 N–H and O–H groups in total. The lowest BCUT2D eigenvalue weighted by Gasteiger charge is -2.15. The predicted octanol–water partition coefficient (Wildman–Crippen LogP) is 7.85. The van der Waals surface area contributed by atoms with Gasteiger partial charge in [0.05, 0.1) is 16.3 Å². The minimum Gasteiger partial charge on any atom is -0.506 e. The van der Waals surface area contributed by atoms with Gasteiger partial charge < -0.3 is 25.6 Å². The summed E-state index contributed by atoms with van der Waals surface area (Å²) in [6, 6.07) is 21.7. The fraction of sp³-hybridized carbons (Fsp3) is 0.0882. The number of nitrogens with one attached hydrogen (secondary N) is 3. The van der Waals surface area contributed by atoms with Gasteiger partial charge in [0.15, 0.2) is 5.75 Å².